The molecular weight excluding hydrogens is 208 g/mol. The molecule has 1 aromatic carbocycles. The van der Waals surface area contributed by atoms with E-state index in [4.69, 9.17) is 14.6 Å². The van der Waals surface area contributed by atoms with Gasteiger partial charge in [0.2, 0.25) is 0 Å². The molecule has 1 rings (SSSR count). The van der Waals surface area contributed by atoms with E-state index in [2.05, 4.69) is 0 Å². The van der Waals surface area contributed by atoms with Gasteiger partial charge >= 0.3 is 5.97 Å². The van der Waals surface area contributed by atoms with Crippen LogP contribution in [-0.4, -0.2) is 30.4 Å². The summed E-state index contributed by atoms with van der Waals surface area (Å²) in [5, 5.41) is 9.04. The first-order valence-electron chi connectivity index (χ1n) is 4.99. The second kappa shape index (κ2) is 5.63. The number of methoxy groups -OCH3 is 1. The van der Waals surface area contributed by atoms with Crippen molar-refractivity contribution in [3.63, 3.8) is 0 Å². The van der Waals surface area contributed by atoms with Crippen molar-refractivity contribution in [1.29, 1.82) is 0 Å². The number of rotatable bonds is 6. The number of hydrogen-bond donors (Lipinski definition) is 1. The summed E-state index contributed by atoms with van der Waals surface area (Å²) >= 11 is 0. The first-order chi connectivity index (χ1) is 7.58. The van der Waals surface area contributed by atoms with Gasteiger partial charge in [-0.3, -0.25) is 0 Å². The van der Waals surface area contributed by atoms with Gasteiger partial charge in [-0.15, -0.1) is 0 Å². The topological polar surface area (TPSA) is 55.8 Å². The maximum atomic E-state index is 11.0. The number of aliphatic carboxylic acids is 1. The first-order valence-corrected chi connectivity index (χ1v) is 4.99. The molecule has 88 valence electrons. The molecule has 0 fully saturated rings. The molecule has 0 saturated carbocycles. The number of carboxylic acid groups (broad SMARTS) is 1. The lowest BCUT2D eigenvalue weighted by Crippen LogP contribution is -2.42. The van der Waals surface area contributed by atoms with E-state index < -0.39 is 11.6 Å². The Morgan fingerprint density at radius 3 is 2.50 bits per heavy atom. The zero-order valence-electron chi connectivity index (χ0n) is 9.47. The Labute approximate surface area is 94.8 Å². The minimum Gasteiger partial charge on any atom is -0.479 e. The summed E-state index contributed by atoms with van der Waals surface area (Å²) in [6, 6.07) is 9.43. The van der Waals surface area contributed by atoms with Crippen molar-refractivity contribution in [3.8, 4) is 0 Å². The minimum atomic E-state index is -1.30. The van der Waals surface area contributed by atoms with Gasteiger partial charge in [0, 0.05) is 7.11 Å². The molecule has 1 atom stereocenters. The third-order valence-electron chi connectivity index (χ3n) is 2.27. The Kier molecular flexibility index (Phi) is 4.46. The third kappa shape index (κ3) is 3.32. The molecule has 0 spiro atoms. The standard InChI is InChI=1S/C12H16O4/c1-12(9-15-2,11(13)14)16-8-10-6-4-3-5-7-10/h3-7H,8-9H2,1-2H3,(H,13,14). The molecule has 0 bridgehead atoms. The van der Waals surface area contributed by atoms with E-state index in [1.807, 2.05) is 30.3 Å². The summed E-state index contributed by atoms with van der Waals surface area (Å²) in [6.07, 6.45) is 0. The fraction of sp³-hybridized carbons (Fsp3) is 0.417. The monoisotopic (exact) mass is 224 g/mol. The first kappa shape index (κ1) is 12.7. The van der Waals surface area contributed by atoms with Crippen LogP contribution in [0.25, 0.3) is 0 Å². The lowest BCUT2D eigenvalue weighted by molar-refractivity contribution is -0.172. The SMILES string of the molecule is COCC(C)(OCc1ccccc1)C(=O)O. The molecule has 1 aromatic rings. The summed E-state index contributed by atoms with van der Waals surface area (Å²) in [6.45, 7) is 1.78. The Hall–Kier alpha value is -1.39. The smallest absolute Gasteiger partial charge is 0.338 e. The number of ether oxygens (including phenoxy) is 2. The molecule has 0 aliphatic heterocycles. The molecule has 0 aliphatic rings. The van der Waals surface area contributed by atoms with E-state index in [1.165, 1.54) is 14.0 Å². The van der Waals surface area contributed by atoms with Gasteiger partial charge in [-0.25, -0.2) is 4.79 Å². The van der Waals surface area contributed by atoms with Gasteiger partial charge in [0.05, 0.1) is 13.2 Å². The van der Waals surface area contributed by atoms with Crippen LogP contribution in [0.3, 0.4) is 0 Å². The highest BCUT2D eigenvalue weighted by Gasteiger charge is 2.34. The zero-order chi connectivity index (χ0) is 12.0. The Balaban J connectivity index is 2.60. The summed E-state index contributed by atoms with van der Waals surface area (Å²) in [7, 11) is 1.45. The summed E-state index contributed by atoms with van der Waals surface area (Å²) in [5.74, 6) is -1.02. The molecule has 1 unspecified atom stereocenters. The van der Waals surface area contributed by atoms with Crippen LogP contribution in [0, 0.1) is 0 Å². The van der Waals surface area contributed by atoms with Gasteiger partial charge in [-0.2, -0.15) is 0 Å². The van der Waals surface area contributed by atoms with Gasteiger partial charge in [0.15, 0.2) is 5.60 Å². The van der Waals surface area contributed by atoms with Crippen molar-refractivity contribution in [2.45, 2.75) is 19.1 Å². The molecular formula is C12H16O4. The highest BCUT2D eigenvalue weighted by atomic mass is 16.6. The zero-order valence-corrected chi connectivity index (χ0v) is 9.47. The lowest BCUT2D eigenvalue weighted by atomic mass is 10.1. The van der Waals surface area contributed by atoms with Crippen molar-refractivity contribution in [2.75, 3.05) is 13.7 Å². The molecule has 4 nitrogen and oxygen atoms in total. The lowest BCUT2D eigenvalue weighted by Gasteiger charge is -2.24. The van der Waals surface area contributed by atoms with Crippen LogP contribution in [0.2, 0.25) is 0 Å². The van der Waals surface area contributed by atoms with Crippen molar-refractivity contribution in [2.24, 2.45) is 0 Å². The summed E-state index contributed by atoms with van der Waals surface area (Å²) < 4.78 is 10.2. The molecule has 1 N–H and O–H groups in total. The van der Waals surface area contributed by atoms with Gasteiger partial charge in [0.1, 0.15) is 0 Å². The maximum absolute atomic E-state index is 11.0. The number of carboxylic acids is 1. The van der Waals surface area contributed by atoms with Crippen molar-refractivity contribution < 1.29 is 19.4 Å². The van der Waals surface area contributed by atoms with Gasteiger partial charge in [-0.1, -0.05) is 30.3 Å². The molecule has 0 aromatic heterocycles. The predicted molar refractivity (Wildman–Crippen MR) is 59.1 cm³/mol. The van der Waals surface area contributed by atoms with Crippen molar-refractivity contribution in [1.82, 2.24) is 0 Å². The molecule has 0 saturated heterocycles. The van der Waals surface area contributed by atoms with Crippen molar-refractivity contribution >= 4 is 5.97 Å². The van der Waals surface area contributed by atoms with Crippen LogP contribution < -0.4 is 0 Å². The van der Waals surface area contributed by atoms with E-state index in [-0.39, 0.29) is 13.2 Å². The Morgan fingerprint density at radius 2 is 2.00 bits per heavy atom. The predicted octanol–water partition coefficient (Wildman–Crippen LogP) is 1.69. The van der Waals surface area contributed by atoms with Gasteiger partial charge in [-0.05, 0) is 12.5 Å². The molecule has 4 heteroatoms. The van der Waals surface area contributed by atoms with Crippen LogP contribution in [-0.2, 0) is 20.9 Å². The van der Waals surface area contributed by atoms with Crippen LogP contribution in [0.1, 0.15) is 12.5 Å². The summed E-state index contributed by atoms with van der Waals surface area (Å²) in [5.41, 5.74) is -0.365. The third-order valence-corrected chi connectivity index (χ3v) is 2.27. The highest BCUT2D eigenvalue weighted by molar-refractivity contribution is 5.77. The van der Waals surface area contributed by atoms with Gasteiger partial charge < -0.3 is 14.6 Å². The fourth-order valence-electron chi connectivity index (χ4n) is 1.26. The van der Waals surface area contributed by atoms with E-state index in [0.717, 1.165) is 5.56 Å². The minimum absolute atomic E-state index is 0.0230. The van der Waals surface area contributed by atoms with E-state index >= 15 is 0 Å². The highest BCUT2D eigenvalue weighted by Crippen LogP contribution is 2.14. The normalized spacial score (nSPS) is 14.4. The van der Waals surface area contributed by atoms with Crippen LogP contribution in [0.15, 0.2) is 30.3 Å². The van der Waals surface area contributed by atoms with Crippen LogP contribution >= 0.6 is 0 Å². The maximum Gasteiger partial charge on any atom is 0.338 e. The van der Waals surface area contributed by atoms with Gasteiger partial charge in [0.25, 0.3) is 0 Å². The summed E-state index contributed by atoms with van der Waals surface area (Å²) in [4.78, 5) is 11.0. The second-order valence-electron chi connectivity index (χ2n) is 3.74. The van der Waals surface area contributed by atoms with Crippen LogP contribution in [0.4, 0.5) is 0 Å². The van der Waals surface area contributed by atoms with E-state index in [1.54, 1.807) is 0 Å². The Morgan fingerprint density at radius 1 is 1.38 bits per heavy atom. The molecule has 0 amide bonds. The quantitative estimate of drug-likeness (QED) is 0.799. The van der Waals surface area contributed by atoms with E-state index in [9.17, 15) is 4.79 Å². The molecule has 0 radical (unpaired) electrons. The van der Waals surface area contributed by atoms with E-state index in [0.29, 0.717) is 0 Å². The number of carbonyl (C=O) groups is 1. The molecule has 16 heavy (non-hydrogen) atoms. The number of hydrogen-bond acceptors (Lipinski definition) is 3. The van der Waals surface area contributed by atoms with Crippen LogP contribution in [0.5, 0.6) is 0 Å². The average molecular weight is 224 g/mol. The largest absolute Gasteiger partial charge is 0.479 e. The Bertz CT molecular complexity index is 336. The molecule has 0 heterocycles. The number of benzene rings is 1. The average Bonchev–Trinajstić information content (AvgIpc) is 2.28. The molecule has 0 aliphatic carbocycles. The van der Waals surface area contributed by atoms with Crippen molar-refractivity contribution in [3.05, 3.63) is 35.9 Å². The fourth-order valence-corrected chi connectivity index (χ4v) is 1.26. The second-order valence-corrected chi connectivity index (χ2v) is 3.74.